The van der Waals surface area contributed by atoms with Crippen molar-refractivity contribution in [3.05, 3.63) is 71.3 Å². The molecule has 2 aliphatic heterocycles. The number of nitrogens with one attached hydrogen (secondary N) is 1. The molecule has 3 aliphatic rings. The Labute approximate surface area is 240 Å². The van der Waals surface area contributed by atoms with Crippen molar-refractivity contribution < 1.29 is 14.7 Å². The summed E-state index contributed by atoms with van der Waals surface area (Å²) in [6, 6.07) is 18.9. The second-order valence-corrected chi connectivity index (χ2v) is 12.5. The van der Waals surface area contributed by atoms with E-state index in [2.05, 4.69) is 71.7 Å². The van der Waals surface area contributed by atoms with Crippen LogP contribution < -0.4 is 5.32 Å². The van der Waals surface area contributed by atoms with Crippen LogP contribution >= 0.6 is 0 Å². The van der Waals surface area contributed by atoms with E-state index in [1.165, 1.54) is 16.7 Å². The van der Waals surface area contributed by atoms with Gasteiger partial charge in [-0.05, 0) is 61.6 Å². The van der Waals surface area contributed by atoms with Crippen molar-refractivity contribution in [1.82, 2.24) is 15.1 Å². The molecule has 2 amide bonds. The number of amides is 2. The zero-order valence-corrected chi connectivity index (χ0v) is 24.2. The highest BCUT2D eigenvalue weighted by atomic mass is 16.3. The van der Waals surface area contributed by atoms with E-state index in [9.17, 15) is 14.7 Å². The lowest BCUT2D eigenvalue weighted by atomic mass is 9.77. The Morgan fingerprint density at radius 2 is 1.48 bits per heavy atom. The number of nitrogens with zero attached hydrogens (tertiary/aromatic N) is 2. The van der Waals surface area contributed by atoms with Crippen LogP contribution in [0, 0.1) is 0 Å². The molecule has 6 nitrogen and oxygen atoms in total. The first kappa shape index (κ1) is 28.8. The molecule has 2 aromatic rings. The third kappa shape index (κ3) is 6.60. The summed E-state index contributed by atoms with van der Waals surface area (Å²) >= 11 is 0. The maximum atomic E-state index is 13.8. The fourth-order valence-electron chi connectivity index (χ4n) is 7.03. The minimum absolute atomic E-state index is 0.00610. The van der Waals surface area contributed by atoms with Gasteiger partial charge in [0.25, 0.3) is 0 Å². The number of carbonyl (C=O) groups excluding carboxylic acids is 2. The summed E-state index contributed by atoms with van der Waals surface area (Å²) in [6.07, 6.45) is 10.1. The van der Waals surface area contributed by atoms with Crippen molar-refractivity contribution in [2.24, 2.45) is 0 Å². The van der Waals surface area contributed by atoms with Crippen molar-refractivity contribution in [2.75, 3.05) is 19.6 Å². The number of aliphatic hydroxyl groups is 1. The largest absolute Gasteiger partial charge is 0.390 e. The highest BCUT2D eigenvalue weighted by Crippen LogP contribution is 2.37. The monoisotopic (exact) mass is 545 g/mol. The maximum absolute atomic E-state index is 13.8. The van der Waals surface area contributed by atoms with Gasteiger partial charge in [0.15, 0.2) is 0 Å². The van der Waals surface area contributed by atoms with Crippen molar-refractivity contribution >= 4 is 11.8 Å². The van der Waals surface area contributed by atoms with Gasteiger partial charge in [0, 0.05) is 32.6 Å². The lowest BCUT2D eigenvalue weighted by Gasteiger charge is -2.52. The Balaban J connectivity index is 1.19. The molecule has 2 N–H and O–H groups in total. The van der Waals surface area contributed by atoms with E-state index in [4.69, 9.17) is 0 Å². The van der Waals surface area contributed by atoms with Crippen LogP contribution in [-0.4, -0.2) is 63.5 Å². The highest BCUT2D eigenvalue weighted by Gasteiger charge is 2.54. The number of rotatable bonds is 10. The maximum Gasteiger partial charge on any atom is 0.246 e. The number of likely N-dealkylation sites (tertiary alicyclic amines) is 1. The summed E-state index contributed by atoms with van der Waals surface area (Å²) in [5.41, 5.74) is 2.39. The third-order valence-corrected chi connectivity index (χ3v) is 9.57. The van der Waals surface area contributed by atoms with E-state index in [1.54, 1.807) is 0 Å². The third-order valence-electron chi connectivity index (χ3n) is 9.57. The topological polar surface area (TPSA) is 72.9 Å². The summed E-state index contributed by atoms with van der Waals surface area (Å²) in [7, 11) is 0. The molecule has 1 saturated carbocycles. The normalized spacial score (nSPS) is 22.9. The minimum Gasteiger partial charge on any atom is -0.390 e. The molecule has 2 heterocycles. The van der Waals surface area contributed by atoms with Gasteiger partial charge < -0.3 is 15.3 Å². The molecule has 216 valence electrons. The molecule has 3 fully saturated rings. The number of benzene rings is 2. The zero-order valence-electron chi connectivity index (χ0n) is 24.2. The molecule has 0 unspecified atom stereocenters. The van der Waals surface area contributed by atoms with Crippen LogP contribution in [-0.2, 0) is 29.0 Å². The van der Waals surface area contributed by atoms with Crippen LogP contribution in [0.15, 0.2) is 54.6 Å². The Morgan fingerprint density at radius 3 is 2.12 bits per heavy atom. The smallest absolute Gasteiger partial charge is 0.246 e. The van der Waals surface area contributed by atoms with Crippen molar-refractivity contribution in [2.45, 2.75) is 108 Å². The van der Waals surface area contributed by atoms with E-state index >= 15 is 0 Å². The van der Waals surface area contributed by atoms with Gasteiger partial charge >= 0.3 is 0 Å². The van der Waals surface area contributed by atoms with E-state index in [0.29, 0.717) is 25.8 Å². The van der Waals surface area contributed by atoms with Crippen LogP contribution in [0.5, 0.6) is 0 Å². The number of piperazine rings is 1. The second-order valence-electron chi connectivity index (χ2n) is 12.5. The Morgan fingerprint density at radius 1 is 0.850 bits per heavy atom. The van der Waals surface area contributed by atoms with Crippen LogP contribution in [0.25, 0.3) is 0 Å². The molecule has 6 heteroatoms. The zero-order chi connectivity index (χ0) is 28.0. The number of carbonyl (C=O) groups is 2. The number of hydrogen-bond acceptors (Lipinski definition) is 4. The summed E-state index contributed by atoms with van der Waals surface area (Å²) in [6.45, 7) is 5.16. The van der Waals surface area contributed by atoms with E-state index in [1.807, 2.05) is 4.90 Å². The average molecular weight is 546 g/mol. The molecular weight excluding hydrogens is 498 g/mol. The van der Waals surface area contributed by atoms with Gasteiger partial charge in [0.2, 0.25) is 11.8 Å². The van der Waals surface area contributed by atoms with E-state index in [-0.39, 0.29) is 11.8 Å². The first-order chi connectivity index (χ1) is 19.4. The highest BCUT2D eigenvalue weighted by molar-refractivity contribution is 6.00. The van der Waals surface area contributed by atoms with Crippen molar-refractivity contribution in [3.63, 3.8) is 0 Å². The Hall–Kier alpha value is -2.70. The van der Waals surface area contributed by atoms with Crippen LogP contribution in [0.3, 0.4) is 0 Å². The molecule has 2 saturated heterocycles. The number of unbranched alkanes of at least 4 members (excludes halogenated alkanes) is 1. The molecule has 1 spiro atoms. The summed E-state index contributed by atoms with van der Waals surface area (Å²) in [5.74, 6) is -0.0124. The van der Waals surface area contributed by atoms with Crippen LogP contribution in [0.2, 0.25) is 0 Å². The van der Waals surface area contributed by atoms with Gasteiger partial charge in [-0.1, -0.05) is 87.2 Å². The second kappa shape index (κ2) is 12.9. The standard InChI is InChI=1S/C34H47N3O3/c1-2-3-22-37-31(38)30(25-33(40)18-8-5-9-19-33)35-32(39)34(37)20-23-36(24-21-34)26-29-16-14-28(15-17-29)13-12-27-10-6-4-7-11-27/h4,6-7,10-11,14-17,30,40H,2-3,5,8-9,12-13,18-26H2,1H3,(H,35,39)/t30-/m1/s1. The lowest BCUT2D eigenvalue weighted by Crippen LogP contribution is -2.73. The molecule has 5 rings (SSSR count). The minimum atomic E-state index is -0.840. The fourth-order valence-corrected chi connectivity index (χ4v) is 7.03. The molecule has 0 bridgehead atoms. The van der Waals surface area contributed by atoms with Gasteiger partial charge in [-0.2, -0.15) is 0 Å². The molecule has 0 radical (unpaired) electrons. The van der Waals surface area contributed by atoms with Crippen LogP contribution in [0.4, 0.5) is 0 Å². The first-order valence-corrected chi connectivity index (χ1v) is 15.6. The number of hydrogen-bond donors (Lipinski definition) is 2. The quantitative estimate of drug-likeness (QED) is 0.440. The van der Waals surface area contributed by atoms with Gasteiger partial charge in [-0.3, -0.25) is 14.5 Å². The first-order valence-electron chi connectivity index (χ1n) is 15.6. The van der Waals surface area contributed by atoms with Crippen molar-refractivity contribution in [1.29, 1.82) is 0 Å². The number of piperidine rings is 1. The Kier molecular flexibility index (Phi) is 9.27. The average Bonchev–Trinajstić information content (AvgIpc) is 2.97. The summed E-state index contributed by atoms with van der Waals surface area (Å²) in [4.78, 5) is 31.8. The SMILES string of the molecule is CCCCN1C(=O)[C@@H](CC2(O)CCCCC2)NC(=O)C12CCN(Cc1ccc(CCc3ccccc3)cc1)CC2. The van der Waals surface area contributed by atoms with Gasteiger partial charge in [-0.15, -0.1) is 0 Å². The Bertz CT molecular complexity index is 1120. The van der Waals surface area contributed by atoms with E-state index < -0.39 is 17.2 Å². The molecule has 1 aliphatic carbocycles. The molecule has 40 heavy (non-hydrogen) atoms. The molecular formula is C34H47N3O3. The fraction of sp³-hybridized carbons (Fsp3) is 0.588. The molecule has 0 aromatic heterocycles. The molecule has 1 atom stereocenters. The van der Waals surface area contributed by atoms with Gasteiger partial charge in [-0.25, -0.2) is 0 Å². The predicted octanol–water partition coefficient (Wildman–Crippen LogP) is 5.02. The van der Waals surface area contributed by atoms with Crippen molar-refractivity contribution in [3.8, 4) is 0 Å². The van der Waals surface area contributed by atoms with Gasteiger partial charge in [0.1, 0.15) is 11.6 Å². The van der Waals surface area contributed by atoms with Crippen LogP contribution in [0.1, 0.15) is 87.8 Å². The summed E-state index contributed by atoms with van der Waals surface area (Å²) < 4.78 is 0. The summed E-state index contributed by atoms with van der Waals surface area (Å²) in [5, 5.41) is 14.2. The van der Waals surface area contributed by atoms with E-state index in [0.717, 1.165) is 77.4 Å². The predicted molar refractivity (Wildman–Crippen MR) is 159 cm³/mol. The number of aryl methyl sites for hydroxylation is 2. The lowest BCUT2D eigenvalue weighted by molar-refractivity contribution is -0.163. The molecule has 2 aromatic carbocycles. The van der Waals surface area contributed by atoms with Gasteiger partial charge in [0.05, 0.1) is 5.60 Å².